The first-order valence-electron chi connectivity index (χ1n) is 5.12. The summed E-state index contributed by atoms with van der Waals surface area (Å²) >= 11 is 0. The van der Waals surface area contributed by atoms with Gasteiger partial charge in [-0.15, -0.1) is 0 Å². The van der Waals surface area contributed by atoms with Crippen LogP contribution >= 0.6 is 0 Å². The molecule has 0 saturated carbocycles. The van der Waals surface area contributed by atoms with Crippen LogP contribution in [-0.2, 0) is 0 Å². The summed E-state index contributed by atoms with van der Waals surface area (Å²) in [6.45, 7) is 0. The second-order valence-electron chi connectivity index (χ2n) is 3.27. The van der Waals surface area contributed by atoms with Gasteiger partial charge in [-0.3, -0.25) is 0 Å². The molecule has 0 aromatic carbocycles. The van der Waals surface area contributed by atoms with Crippen molar-refractivity contribution < 1.29 is 238 Å². The number of hydrogen-bond acceptors (Lipinski definition) is 18. The van der Waals surface area contributed by atoms with Gasteiger partial charge in [0.25, 0.3) is 0 Å². The predicted octanol–water partition coefficient (Wildman–Crippen LogP) is -17.0. The molecule has 0 fully saturated rings. The fraction of sp³-hybridized carbons (Fsp3) is 0. The zero-order valence-electron chi connectivity index (χ0n) is 15.2. The van der Waals surface area contributed by atoms with Crippen molar-refractivity contribution in [3.05, 3.63) is 0 Å². The molecule has 0 aromatic rings. The van der Waals surface area contributed by atoms with Crippen molar-refractivity contribution in [2.45, 2.75) is 0 Å². The van der Waals surface area contributed by atoms with Gasteiger partial charge in [-0.25, -0.2) is 20.5 Å². The maximum atomic E-state index is 10.5. The topological polar surface area (TPSA) is 370 Å². The molecule has 16 N–H and O–H groups in total. The molecular weight excluding hydrogens is 789 g/mol. The average Bonchev–Trinajstić information content (AvgIpc) is 1.94. The van der Waals surface area contributed by atoms with Gasteiger partial charge in [0.1, 0.15) is 0 Å². The second-order valence-corrected chi connectivity index (χ2v) is 9.82. The SMILES string of the molecule is O[Si](O)(O)F.O[Si](O)(O)F.O[Si](O)(O)F.O[Si](O)(O)F.O[Si](O)(O)F.[Cs+].[O-][Si]([O-])(O)F.[Rb+]. The maximum Gasteiger partial charge on any atom is 1.00 e. The molecule has 0 aromatic heterocycles. The van der Waals surface area contributed by atoms with Crippen LogP contribution in [0.5, 0.6) is 0 Å². The molecule has 0 unspecified atom stereocenters. The molecule has 0 amide bonds. The zero-order valence-corrected chi connectivity index (χ0v) is 32.4. The monoisotopic (exact) mass is 804 g/mol. The summed E-state index contributed by atoms with van der Waals surface area (Å²) in [5.41, 5.74) is 0. The van der Waals surface area contributed by atoms with Gasteiger partial charge in [-0.05, 0) is 0 Å². The van der Waals surface area contributed by atoms with Crippen LogP contribution in [0.2, 0.25) is 0 Å². The molecule has 0 aliphatic carbocycles. The molecule has 32 heavy (non-hydrogen) atoms. The molecule has 0 heterocycles. The van der Waals surface area contributed by atoms with Crippen LogP contribution in [0.3, 0.4) is 0 Å². The van der Waals surface area contributed by atoms with E-state index in [9.17, 15) is 24.6 Å². The summed E-state index contributed by atoms with van der Waals surface area (Å²) in [6, 6.07) is 0. The zero-order chi connectivity index (χ0) is 27.0. The van der Waals surface area contributed by atoms with E-state index in [0.29, 0.717) is 0 Å². The van der Waals surface area contributed by atoms with Gasteiger partial charge in [0.05, 0.1) is 0 Å². The first kappa shape index (κ1) is 56.3. The molecule has 0 rings (SSSR count). The van der Waals surface area contributed by atoms with Crippen molar-refractivity contribution in [3.63, 3.8) is 0 Å². The fourth-order valence-electron chi connectivity index (χ4n) is 0. The van der Waals surface area contributed by atoms with Crippen molar-refractivity contribution in [1.82, 2.24) is 0 Å². The third-order valence-electron chi connectivity index (χ3n) is 0. The van der Waals surface area contributed by atoms with E-state index in [0.717, 1.165) is 0 Å². The number of halogens is 6. The van der Waals surface area contributed by atoms with E-state index in [1.165, 1.54) is 0 Å². The minimum atomic E-state index is -5.61. The van der Waals surface area contributed by atoms with Gasteiger partial charge in [-0.2, -0.15) is 0 Å². The smallest absolute Gasteiger partial charge is 0.825 e. The van der Waals surface area contributed by atoms with Crippen LogP contribution in [0, 0.1) is 0 Å². The Hall–Kier alpha value is 4.02. The Morgan fingerprint density at radius 3 is 0.344 bits per heavy atom. The van der Waals surface area contributed by atoms with E-state index in [1.54, 1.807) is 0 Å². The second kappa shape index (κ2) is 25.3. The minimum Gasteiger partial charge on any atom is -0.825 e. The summed E-state index contributed by atoms with van der Waals surface area (Å²) in [5, 5.41) is 0. The molecule has 0 saturated heterocycles. The maximum absolute atomic E-state index is 10.5. The van der Waals surface area contributed by atoms with Gasteiger partial charge in [-0.1, -0.05) is 0 Å². The number of rotatable bonds is 0. The Balaban J connectivity index is -0.0000000356. The van der Waals surface area contributed by atoms with Crippen LogP contribution in [0.1, 0.15) is 0 Å². The van der Waals surface area contributed by atoms with E-state index in [4.69, 9.17) is 86.3 Å². The van der Waals surface area contributed by atoms with Crippen molar-refractivity contribution >= 4 is 54.8 Å². The van der Waals surface area contributed by atoms with Gasteiger partial charge in [0.15, 0.2) is 0 Å². The summed E-state index contributed by atoms with van der Waals surface area (Å²) in [6.07, 6.45) is 0. The molecule has 0 bridgehead atoms. The normalized spacial score (nSPS) is 11.2. The van der Waals surface area contributed by atoms with Crippen LogP contribution in [0.15, 0.2) is 0 Å². The van der Waals surface area contributed by atoms with E-state index >= 15 is 0 Å². The average molecular weight is 805 g/mol. The van der Waals surface area contributed by atoms with Crippen molar-refractivity contribution in [2.24, 2.45) is 0 Å². The molecule has 0 atom stereocenters. The first-order valence-corrected chi connectivity index (χ1v) is 15.4. The van der Waals surface area contributed by atoms with E-state index in [2.05, 4.69) is 0 Å². The molecule has 0 aliphatic heterocycles. The molecule has 0 radical (unpaired) electrons. The first-order chi connectivity index (χ1) is 12.0. The molecule has 192 valence electrons. The Bertz CT molecular complexity index is 240. The molecule has 0 aliphatic rings. The quantitative estimate of drug-likeness (QED) is 0.0614. The van der Waals surface area contributed by atoms with Crippen molar-refractivity contribution in [1.29, 1.82) is 0 Å². The third kappa shape index (κ3) is 2300. The van der Waals surface area contributed by atoms with Crippen LogP contribution in [-0.4, -0.2) is 132 Å². The summed E-state index contributed by atoms with van der Waals surface area (Å²) in [4.78, 5) is 131. The Kier molecular flexibility index (Phi) is 44.5. The van der Waals surface area contributed by atoms with Gasteiger partial charge >= 0.3 is 173 Å². The Morgan fingerprint density at radius 2 is 0.344 bits per heavy atom. The fourth-order valence-corrected chi connectivity index (χ4v) is 0. The van der Waals surface area contributed by atoms with E-state index in [1.807, 2.05) is 0 Å². The van der Waals surface area contributed by atoms with Crippen molar-refractivity contribution in [3.8, 4) is 0 Å². The third-order valence-corrected chi connectivity index (χ3v) is 0. The Morgan fingerprint density at radius 1 is 0.344 bits per heavy atom. The van der Waals surface area contributed by atoms with Crippen LogP contribution < -0.4 is 137 Å². The summed E-state index contributed by atoms with van der Waals surface area (Å²) in [5.74, 6) is 0. The van der Waals surface area contributed by atoms with Crippen LogP contribution in [0.25, 0.3) is 0 Å². The minimum absolute atomic E-state index is 0. The van der Waals surface area contributed by atoms with Crippen LogP contribution in [0.4, 0.5) is 24.6 Å². The van der Waals surface area contributed by atoms with Crippen molar-refractivity contribution in [2.75, 3.05) is 0 Å². The number of hydrogen-bond donors (Lipinski definition) is 16. The van der Waals surface area contributed by atoms with E-state index in [-0.39, 0.29) is 127 Å². The van der Waals surface area contributed by atoms with Gasteiger partial charge < -0.3 is 90.4 Å². The van der Waals surface area contributed by atoms with E-state index < -0.39 is 54.8 Å². The summed E-state index contributed by atoms with van der Waals surface area (Å²) in [7, 11) is -31.2. The summed E-state index contributed by atoms with van der Waals surface area (Å²) < 4.78 is 62.7. The van der Waals surface area contributed by atoms with Gasteiger partial charge in [0, 0.05) is 0 Å². The molecular formula is H16CsF6O18RbSi6. The van der Waals surface area contributed by atoms with Gasteiger partial charge in [0.2, 0.25) is 9.14 Å². The largest absolute Gasteiger partial charge is 1.00 e. The molecule has 18 nitrogen and oxygen atoms in total. The molecule has 32 heteroatoms. The predicted molar refractivity (Wildman–Crippen MR) is 76.7 cm³/mol. The molecule has 0 spiro atoms. The standard InChI is InChI=1S/Cs.5FH3O3Si.FHO3Si.Rb/c;6*1-5(2,3)4;/h;5*2-4H;2H;/q+1;;;;;;-2;+1. The Labute approximate surface area is 287 Å².